The topological polar surface area (TPSA) is 67.9 Å². The lowest BCUT2D eigenvalue weighted by Gasteiger charge is -1.89. The number of aromatic nitrogens is 3. The molecule has 2 aromatic heterocycles. The minimum absolute atomic E-state index is 0.0368. The van der Waals surface area contributed by atoms with Gasteiger partial charge in [0, 0.05) is 6.92 Å². The summed E-state index contributed by atoms with van der Waals surface area (Å²) in [5.74, 6) is 0.603. The first-order valence-corrected chi connectivity index (χ1v) is 5.08. The highest BCUT2D eigenvalue weighted by molar-refractivity contribution is 7.16. The van der Waals surface area contributed by atoms with Crippen LogP contribution in [0, 0.1) is 0 Å². The Morgan fingerprint density at radius 3 is 2.80 bits per heavy atom. The van der Waals surface area contributed by atoms with Crippen LogP contribution in [0.25, 0.3) is 10.7 Å². The van der Waals surface area contributed by atoms with E-state index in [2.05, 4.69) is 15.0 Å². The number of rotatable bonds is 3. The predicted molar refractivity (Wildman–Crippen MR) is 56.3 cm³/mol. The average Bonchev–Trinajstić information content (AvgIpc) is 2.86. The molecule has 0 aliphatic rings. The zero-order valence-electron chi connectivity index (χ0n) is 8.27. The molecule has 78 valence electrons. The molecular formula is C9H9N3O2S. The van der Waals surface area contributed by atoms with E-state index in [-0.39, 0.29) is 5.78 Å². The van der Waals surface area contributed by atoms with Gasteiger partial charge in [0.2, 0.25) is 0 Å². The van der Waals surface area contributed by atoms with Crippen molar-refractivity contribution >= 4 is 17.1 Å². The van der Waals surface area contributed by atoms with Crippen LogP contribution < -0.4 is 4.74 Å². The Bertz CT molecular complexity index is 489. The fourth-order valence-corrected chi connectivity index (χ4v) is 1.77. The molecule has 0 bridgehead atoms. The molecule has 1 N–H and O–H groups in total. The molecule has 0 aliphatic heterocycles. The maximum atomic E-state index is 11.0. The summed E-state index contributed by atoms with van der Waals surface area (Å²) in [6.45, 7) is 1.49. The molecule has 2 aromatic rings. The molecule has 6 heteroatoms. The second-order valence-corrected chi connectivity index (χ2v) is 3.89. The molecular weight excluding hydrogens is 214 g/mol. The van der Waals surface area contributed by atoms with Crippen LogP contribution in [0.4, 0.5) is 0 Å². The van der Waals surface area contributed by atoms with Crippen molar-refractivity contribution in [3.8, 4) is 15.9 Å². The van der Waals surface area contributed by atoms with E-state index in [0.29, 0.717) is 16.7 Å². The van der Waals surface area contributed by atoms with Crippen molar-refractivity contribution in [1.82, 2.24) is 15.0 Å². The summed E-state index contributed by atoms with van der Waals surface area (Å²) >= 11 is 1.37. The molecule has 0 radical (unpaired) electrons. The minimum atomic E-state index is -0.0368. The van der Waals surface area contributed by atoms with Gasteiger partial charge < -0.3 is 9.72 Å². The number of ether oxygens (including phenoxy) is 1. The van der Waals surface area contributed by atoms with Crippen LogP contribution in [0.5, 0.6) is 5.19 Å². The highest BCUT2D eigenvalue weighted by Gasteiger charge is 2.09. The second-order valence-electron chi connectivity index (χ2n) is 2.90. The standard InChI is InChI=1S/C9H9N3O2S/c1-5(13)6-3-10-8(12-6)7-4-11-9(14-2)15-7/h3-4H,1-2H3,(H,10,12). The Kier molecular flexibility index (Phi) is 2.51. The zero-order chi connectivity index (χ0) is 10.8. The molecule has 2 rings (SSSR count). The number of thiazole rings is 1. The number of H-pyrrole nitrogens is 1. The first kappa shape index (κ1) is 9.85. The molecule has 5 nitrogen and oxygen atoms in total. The fourth-order valence-electron chi connectivity index (χ4n) is 1.09. The molecule has 0 amide bonds. The third-order valence-corrected chi connectivity index (χ3v) is 2.81. The summed E-state index contributed by atoms with van der Waals surface area (Å²) in [5.41, 5.74) is 0.498. The van der Waals surface area contributed by atoms with Gasteiger partial charge in [0.1, 0.15) is 11.5 Å². The lowest BCUT2D eigenvalue weighted by atomic mass is 10.3. The molecule has 0 fully saturated rings. The van der Waals surface area contributed by atoms with Crippen molar-refractivity contribution in [2.75, 3.05) is 7.11 Å². The molecule has 0 aromatic carbocycles. The lowest BCUT2D eigenvalue weighted by Crippen LogP contribution is -1.90. The maximum Gasteiger partial charge on any atom is 0.273 e. The largest absolute Gasteiger partial charge is 0.473 e. The summed E-state index contributed by atoms with van der Waals surface area (Å²) in [5, 5.41) is 0.575. The van der Waals surface area contributed by atoms with Gasteiger partial charge in [0.15, 0.2) is 5.78 Å². The normalized spacial score (nSPS) is 10.3. The third-order valence-electron chi connectivity index (χ3n) is 1.85. The summed E-state index contributed by atoms with van der Waals surface area (Å²) in [6.07, 6.45) is 3.18. The number of methoxy groups -OCH3 is 1. The van der Waals surface area contributed by atoms with E-state index < -0.39 is 0 Å². The molecule has 0 spiro atoms. The highest BCUT2D eigenvalue weighted by Crippen LogP contribution is 2.27. The molecule has 0 aliphatic carbocycles. The van der Waals surface area contributed by atoms with Gasteiger partial charge in [-0.25, -0.2) is 9.97 Å². The lowest BCUT2D eigenvalue weighted by molar-refractivity contribution is 0.101. The van der Waals surface area contributed by atoms with Crippen LogP contribution >= 0.6 is 11.3 Å². The van der Waals surface area contributed by atoms with Gasteiger partial charge in [-0.3, -0.25) is 4.79 Å². The van der Waals surface area contributed by atoms with Crippen LogP contribution in [0.1, 0.15) is 17.4 Å². The van der Waals surface area contributed by atoms with Gasteiger partial charge in [0.05, 0.1) is 24.4 Å². The second kappa shape index (κ2) is 3.82. The smallest absolute Gasteiger partial charge is 0.273 e. The van der Waals surface area contributed by atoms with E-state index in [4.69, 9.17) is 4.74 Å². The van der Waals surface area contributed by atoms with Crippen molar-refractivity contribution in [2.24, 2.45) is 0 Å². The summed E-state index contributed by atoms with van der Waals surface area (Å²) in [7, 11) is 1.56. The van der Waals surface area contributed by atoms with Crippen molar-refractivity contribution in [3.05, 3.63) is 18.1 Å². The van der Waals surface area contributed by atoms with Crippen molar-refractivity contribution in [1.29, 1.82) is 0 Å². The van der Waals surface area contributed by atoms with Crippen LogP contribution in [0.15, 0.2) is 12.4 Å². The Balaban J connectivity index is 2.32. The van der Waals surface area contributed by atoms with Gasteiger partial charge in [-0.2, -0.15) is 0 Å². The van der Waals surface area contributed by atoms with Crippen molar-refractivity contribution in [3.63, 3.8) is 0 Å². The zero-order valence-corrected chi connectivity index (χ0v) is 9.09. The van der Waals surface area contributed by atoms with Crippen LogP contribution in [0.3, 0.4) is 0 Å². The predicted octanol–water partition coefficient (Wildman–Crippen LogP) is 1.74. The molecule has 2 heterocycles. The molecule has 0 saturated heterocycles. The Morgan fingerprint density at radius 2 is 2.27 bits per heavy atom. The molecule has 0 saturated carbocycles. The van der Waals surface area contributed by atoms with Gasteiger partial charge in [-0.1, -0.05) is 11.3 Å². The van der Waals surface area contributed by atoms with Gasteiger partial charge in [-0.05, 0) is 0 Å². The first-order chi connectivity index (χ1) is 7.20. The van der Waals surface area contributed by atoms with E-state index in [0.717, 1.165) is 4.88 Å². The van der Waals surface area contributed by atoms with E-state index in [1.165, 1.54) is 24.5 Å². The Hall–Kier alpha value is -1.69. The van der Waals surface area contributed by atoms with Crippen LogP contribution in [-0.2, 0) is 0 Å². The Labute approximate surface area is 90.1 Å². The summed E-state index contributed by atoms with van der Waals surface area (Å²) in [4.78, 5) is 22.9. The number of carbonyl (C=O) groups excluding carboxylic acids is 1. The number of hydrogen-bond donors (Lipinski definition) is 1. The summed E-state index contributed by atoms with van der Waals surface area (Å²) in [6, 6.07) is 0. The number of ketones is 1. The number of imidazole rings is 1. The van der Waals surface area contributed by atoms with E-state index >= 15 is 0 Å². The molecule has 15 heavy (non-hydrogen) atoms. The van der Waals surface area contributed by atoms with Gasteiger partial charge in [-0.15, -0.1) is 0 Å². The van der Waals surface area contributed by atoms with Gasteiger partial charge >= 0.3 is 0 Å². The van der Waals surface area contributed by atoms with Crippen LogP contribution in [0.2, 0.25) is 0 Å². The monoisotopic (exact) mass is 223 g/mol. The minimum Gasteiger partial charge on any atom is -0.473 e. The number of Topliss-reactive ketones (excluding diaryl/α,β-unsaturated/α-hetero) is 1. The molecule has 0 unspecified atom stereocenters. The van der Waals surface area contributed by atoms with Crippen molar-refractivity contribution < 1.29 is 9.53 Å². The van der Waals surface area contributed by atoms with Gasteiger partial charge in [0.25, 0.3) is 5.19 Å². The quantitative estimate of drug-likeness (QED) is 0.805. The first-order valence-electron chi connectivity index (χ1n) is 4.27. The molecule has 0 atom stereocenters. The van der Waals surface area contributed by atoms with E-state index in [9.17, 15) is 4.79 Å². The average molecular weight is 223 g/mol. The van der Waals surface area contributed by atoms with E-state index in [1.807, 2.05) is 0 Å². The maximum absolute atomic E-state index is 11.0. The number of aromatic amines is 1. The number of nitrogens with one attached hydrogen (secondary N) is 1. The highest BCUT2D eigenvalue weighted by atomic mass is 32.1. The number of nitrogens with zero attached hydrogens (tertiary/aromatic N) is 2. The number of carbonyl (C=O) groups is 1. The van der Waals surface area contributed by atoms with Crippen molar-refractivity contribution in [2.45, 2.75) is 6.92 Å². The summed E-state index contributed by atoms with van der Waals surface area (Å²) < 4.78 is 4.97. The number of hydrogen-bond acceptors (Lipinski definition) is 5. The van der Waals surface area contributed by atoms with E-state index in [1.54, 1.807) is 13.3 Å². The third kappa shape index (κ3) is 1.89. The fraction of sp³-hybridized carbons (Fsp3) is 0.222. The van der Waals surface area contributed by atoms with Crippen LogP contribution in [-0.4, -0.2) is 27.8 Å². The Morgan fingerprint density at radius 1 is 1.47 bits per heavy atom. The SMILES string of the molecule is COc1ncc(-c2ncc(C(C)=O)[nH]2)s1.